The number of nitrogens with zero attached hydrogens (tertiary/aromatic N) is 5. The minimum atomic E-state index is -0.551. The maximum Gasteiger partial charge on any atom is 0.238 e. The van der Waals surface area contributed by atoms with Gasteiger partial charge in [-0.15, -0.1) is 5.10 Å². The molecule has 1 aromatic carbocycles. The fraction of sp³-hybridized carbons (Fsp3) is 0.385. The lowest BCUT2D eigenvalue weighted by Gasteiger charge is -2.16. The van der Waals surface area contributed by atoms with E-state index in [2.05, 4.69) is 25.9 Å². The molecule has 4 heterocycles. The molecule has 6 rings (SSSR count). The fourth-order valence-electron chi connectivity index (χ4n) is 4.44. The Bertz CT molecular complexity index is 1420. The average Bonchev–Trinajstić information content (AvgIpc) is 3.24. The molecule has 1 aliphatic carbocycles. The molecular formula is C26H30N8O3S. The van der Waals surface area contributed by atoms with Crippen LogP contribution in [0.4, 0.5) is 17.3 Å². The third-order valence-corrected chi connectivity index (χ3v) is 7.46. The Hall–Kier alpha value is -3.45. The standard InChI is InChI=1S/C26H30N8O3S/c1-16-11-23(31-30-16)28-25-20-3-2-10-34(20)32-26(29-25)38-19-8-6-18(7-9-19)27-24(36)14-33-12-21(35)22(13-33)37-15-17-4-5-17/h2-3,6-11,17,21-22,35H,4-5,12-15H2,1H3,(H,27,36)(H2,28,29,30,31,32)/t21-,22-/m1/s1. The van der Waals surface area contributed by atoms with Crippen molar-refractivity contribution in [1.29, 1.82) is 0 Å². The van der Waals surface area contributed by atoms with Gasteiger partial charge in [-0.3, -0.25) is 14.8 Å². The fourth-order valence-corrected chi connectivity index (χ4v) is 5.19. The highest BCUT2D eigenvalue weighted by Gasteiger charge is 2.34. The van der Waals surface area contributed by atoms with Crippen molar-refractivity contribution in [2.75, 3.05) is 36.9 Å². The normalized spacial score (nSPS) is 19.7. The summed E-state index contributed by atoms with van der Waals surface area (Å²) in [6.45, 7) is 3.88. The Labute approximate surface area is 224 Å². The zero-order valence-electron chi connectivity index (χ0n) is 21.0. The van der Waals surface area contributed by atoms with Gasteiger partial charge in [0.15, 0.2) is 11.6 Å². The number of ether oxygens (including phenoxy) is 1. The maximum absolute atomic E-state index is 12.6. The second kappa shape index (κ2) is 10.7. The molecule has 11 nitrogen and oxygen atoms in total. The number of anilines is 3. The molecule has 4 aromatic rings. The van der Waals surface area contributed by atoms with Crippen molar-refractivity contribution >= 4 is 40.5 Å². The van der Waals surface area contributed by atoms with Crippen molar-refractivity contribution in [3.8, 4) is 0 Å². The van der Waals surface area contributed by atoms with E-state index < -0.39 is 6.10 Å². The summed E-state index contributed by atoms with van der Waals surface area (Å²) in [5.41, 5.74) is 2.51. The second-order valence-electron chi connectivity index (χ2n) is 9.89. The Morgan fingerprint density at radius 2 is 2.08 bits per heavy atom. The summed E-state index contributed by atoms with van der Waals surface area (Å²) in [5.74, 6) is 1.88. The lowest BCUT2D eigenvalue weighted by atomic mass is 10.2. The molecule has 2 aliphatic rings. The molecule has 2 fully saturated rings. The number of aromatic amines is 1. The third-order valence-electron chi connectivity index (χ3n) is 6.59. The van der Waals surface area contributed by atoms with Crippen LogP contribution in [0, 0.1) is 12.8 Å². The molecule has 1 saturated heterocycles. The molecule has 38 heavy (non-hydrogen) atoms. The number of β-amino-alcohol motifs (C(OH)–C–C–N with tert-alkyl or cyclic N) is 1. The van der Waals surface area contributed by atoms with E-state index in [1.165, 1.54) is 24.6 Å². The molecule has 4 N–H and O–H groups in total. The van der Waals surface area contributed by atoms with Crippen LogP contribution in [0.3, 0.4) is 0 Å². The van der Waals surface area contributed by atoms with Crippen molar-refractivity contribution in [2.24, 2.45) is 5.92 Å². The average molecular weight is 535 g/mol. The molecule has 1 aliphatic heterocycles. The topological polar surface area (TPSA) is 133 Å². The molecule has 12 heteroatoms. The summed E-state index contributed by atoms with van der Waals surface area (Å²) < 4.78 is 7.62. The van der Waals surface area contributed by atoms with E-state index in [0.29, 0.717) is 48.1 Å². The second-order valence-corrected chi connectivity index (χ2v) is 10.9. The Morgan fingerprint density at radius 1 is 1.24 bits per heavy atom. The van der Waals surface area contributed by atoms with E-state index >= 15 is 0 Å². The SMILES string of the molecule is Cc1cc(Nc2nc(Sc3ccc(NC(=O)CN4C[C@@H](O)[C@H](OCC5CC5)C4)cc3)nn3cccc23)n[nH]1. The van der Waals surface area contributed by atoms with Gasteiger partial charge in [0.2, 0.25) is 11.1 Å². The van der Waals surface area contributed by atoms with Crippen LogP contribution in [-0.4, -0.2) is 79.2 Å². The molecule has 3 aromatic heterocycles. The molecule has 1 amide bonds. The van der Waals surface area contributed by atoms with Gasteiger partial charge in [-0.05, 0) is 73.8 Å². The quantitative estimate of drug-likeness (QED) is 0.242. The van der Waals surface area contributed by atoms with Crippen LogP contribution in [0.25, 0.3) is 5.52 Å². The van der Waals surface area contributed by atoms with Gasteiger partial charge >= 0.3 is 0 Å². The van der Waals surface area contributed by atoms with Gasteiger partial charge < -0.3 is 20.5 Å². The summed E-state index contributed by atoms with van der Waals surface area (Å²) in [5, 5.41) is 28.8. The van der Waals surface area contributed by atoms with E-state index in [0.717, 1.165) is 16.1 Å². The Morgan fingerprint density at radius 3 is 2.84 bits per heavy atom. The van der Waals surface area contributed by atoms with E-state index in [1.54, 1.807) is 4.52 Å². The molecule has 198 valence electrons. The summed E-state index contributed by atoms with van der Waals surface area (Å²) in [4.78, 5) is 20.2. The van der Waals surface area contributed by atoms with Gasteiger partial charge in [0.25, 0.3) is 0 Å². The number of aliphatic hydroxyl groups excluding tert-OH is 1. The number of hydrogen-bond donors (Lipinski definition) is 4. The molecule has 0 unspecified atom stereocenters. The number of aryl methyl sites for hydroxylation is 1. The number of aliphatic hydroxyl groups is 1. The van der Waals surface area contributed by atoms with Crippen LogP contribution in [-0.2, 0) is 9.53 Å². The van der Waals surface area contributed by atoms with E-state index in [-0.39, 0.29) is 18.6 Å². The van der Waals surface area contributed by atoms with Crippen molar-refractivity contribution in [3.63, 3.8) is 0 Å². The number of carbonyl (C=O) groups excluding carboxylic acids is 1. The highest BCUT2D eigenvalue weighted by atomic mass is 32.2. The first kappa shape index (κ1) is 24.9. The monoisotopic (exact) mass is 534 g/mol. The first-order valence-electron chi connectivity index (χ1n) is 12.7. The molecule has 0 bridgehead atoms. The predicted molar refractivity (Wildman–Crippen MR) is 144 cm³/mol. The number of nitrogens with one attached hydrogen (secondary N) is 3. The first-order chi connectivity index (χ1) is 18.5. The first-order valence-corrected chi connectivity index (χ1v) is 13.5. The number of H-pyrrole nitrogens is 1. The number of fused-ring (bicyclic) bond motifs is 1. The van der Waals surface area contributed by atoms with E-state index in [4.69, 9.17) is 9.72 Å². The molecule has 0 spiro atoms. The number of likely N-dealkylation sites (tertiary alicyclic amines) is 1. The number of carbonyl (C=O) groups is 1. The van der Waals surface area contributed by atoms with Gasteiger partial charge in [-0.1, -0.05) is 0 Å². The Kier molecular flexibility index (Phi) is 7.02. The van der Waals surface area contributed by atoms with E-state index in [9.17, 15) is 9.90 Å². The van der Waals surface area contributed by atoms with Crippen LogP contribution in [0.2, 0.25) is 0 Å². The molecule has 0 radical (unpaired) electrons. The smallest absolute Gasteiger partial charge is 0.238 e. The van der Waals surface area contributed by atoms with Crippen molar-refractivity contribution in [3.05, 3.63) is 54.4 Å². The number of aromatic nitrogens is 5. The zero-order valence-corrected chi connectivity index (χ0v) is 21.8. The van der Waals surface area contributed by atoms with Gasteiger partial charge in [0.1, 0.15) is 5.52 Å². The van der Waals surface area contributed by atoms with Crippen molar-refractivity contribution in [1.82, 2.24) is 29.7 Å². The van der Waals surface area contributed by atoms with Crippen LogP contribution in [0.15, 0.2) is 58.7 Å². The van der Waals surface area contributed by atoms with Gasteiger partial charge in [0.05, 0.1) is 18.8 Å². The van der Waals surface area contributed by atoms with Gasteiger partial charge in [0, 0.05) is 48.2 Å². The number of hydrogen-bond acceptors (Lipinski definition) is 9. The van der Waals surface area contributed by atoms with Crippen LogP contribution in [0.1, 0.15) is 18.5 Å². The van der Waals surface area contributed by atoms with Gasteiger partial charge in [-0.25, -0.2) is 9.50 Å². The summed E-state index contributed by atoms with van der Waals surface area (Å²) in [6, 6.07) is 13.3. The van der Waals surface area contributed by atoms with Crippen molar-refractivity contribution < 1.29 is 14.6 Å². The van der Waals surface area contributed by atoms with Gasteiger partial charge in [-0.2, -0.15) is 5.10 Å². The summed E-state index contributed by atoms with van der Waals surface area (Å²) in [6.07, 6.45) is 3.54. The molecule has 2 atom stereocenters. The number of benzene rings is 1. The predicted octanol–water partition coefficient (Wildman–Crippen LogP) is 3.07. The molecular weight excluding hydrogens is 504 g/mol. The number of rotatable bonds is 10. The number of amides is 1. The van der Waals surface area contributed by atoms with Crippen LogP contribution >= 0.6 is 11.8 Å². The minimum Gasteiger partial charge on any atom is -0.389 e. The van der Waals surface area contributed by atoms with Crippen LogP contribution in [0.5, 0.6) is 0 Å². The van der Waals surface area contributed by atoms with E-state index in [1.807, 2.05) is 60.5 Å². The maximum atomic E-state index is 12.6. The molecule has 1 saturated carbocycles. The summed E-state index contributed by atoms with van der Waals surface area (Å²) >= 11 is 1.43. The Balaban J connectivity index is 1.05. The van der Waals surface area contributed by atoms with Crippen LogP contribution < -0.4 is 10.6 Å². The highest BCUT2D eigenvalue weighted by Crippen LogP contribution is 2.30. The third kappa shape index (κ3) is 5.99. The highest BCUT2D eigenvalue weighted by molar-refractivity contribution is 7.99. The largest absolute Gasteiger partial charge is 0.389 e. The lowest BCUT2D eigenvalue weighted by Crippen LogP contribution is -2.32. The summed E-state index contributed by atoms with van der Waals surface area (Å²) in [7, 11) is 0. The zero-order chi connectivity index (χ0) is 26.1. The van der Waals surface area contributed by atoms with Crippen molar-refractivity contribution in [2.45, 2.75) is 42.0 Å². The lowest BCUT2D eigenvalue weighted by molar-refractivity contribution is -0.117. The minimum absolute atomic E-state index is 0.119.